The molecule has 0 atom stereocenters. The van der Waals surface area contributed by atoms with Crippen molar-refractivity contribution >= 4 is 95.1 Å². The van der Waals surface area contributed by atoms with E-state index in [0.717, 1.165) is 31.2 Å². The normalized spacial score (nSPS) is 12.3. The van der Waals surface area contributed by atoms with Crippen molar-refractivity contribution in [1.82, 2.24) is 0 Å². The Morgan fingerprint density at radius 1 is 0.755 bits per heavy atom. The van der Waals surface area contributed by atoms with Crippen LogP contribution in [0.15, 0.2) is 88.6 Å². The summed E-state index contributed by atoms with van der Waals surface area (Å²) in [6.45, 7) is 1.15. The van der Waals surface area contributed by atoms with Gasteiger partial charge in [-0.15, -0.1) is 29.1 Å². The molecule has 0 unspecified atom stereocenters. The molecule has 0 bridgehead atoms. The van der Waals surface area contributed by atoms with Gasteiger partial charge in [-0.3, -0.25) is 13.9 Å². The van der Waals surface area contributed by atoms with Crippen molar-refractivity contribution in [3.63, 3.8) is 0 Å². The Kier molecular flexibility index (Phi) is 11.7. The van der Waals surface area contributed by atoms with Gasteiger partial charge in [0, 0.05) is 18.3 Å². The second-order valence-corrected chi connectivity index (χ2v) is 13.4. The molecule has 0 aliphatic rings. The van der Waals surface area contributed by atoms with Gasteiger partial charge in [0.2, 0.25) is 5.91 Å². The summed E-state index contributed by atoms with van der Waals surface area (Å²) >= 11 is 0.603. The third-order valence-corrected chi connectivity index (χ3v) is 8.90. The molecule has 0 saturated heterocycles. The van der Waals surface area contributed by atoms with E-state index in [1.54, 1.807) is 0 Å². The first kappa shape index (κ1) is 37.3. The molecule has 4 aromatic carbocycles. The number of anilines is 2. The highest BCUT2D eigenvalue weighted by Gasteiger charge is 2.27. The van der Waals surface area contributed by atoms with Gasteiger partial charge in [-0.05, 0) is 53.9 Å². The number of azo groups is 2. The molecular weight excluding hydrogens is 741 g/mol. The van der Waals surface area contributed by atoms with Crippen LogP contribution in [0.1, 0.15) is 6.92 Å². The van der Waals surface area contributed by atoms with Crippen LogP contribution in [-0.4, -0.2) is 52.6 Å². The predicted octanol–water partition coefficient (Wildman–Crippen LogP) is 5.97. The molecule has 260 valence electrons. The van der Waals surface area contributed by atoms with Crippen molar-refractivity contribution in [1.29, 1.82) is 0 Å². The Morgan fingerprint density at radius 2 is 1.33 bits per heavy atom. The molecule has 0 radical (unpaired) electrons. The van der Waals surface area contributed by atoms with Crippen LogP contribution in [0.25, 0.3) is 10.8 Å². The summed E-state index contributed by atoms with van der Waals surface area (Å²) in [5.74, 6) is -2.59. The first-order chi connectivity index (χ1) is 23.0. The molecule has 0 saturated carbocycles. The Labute approximate surface area is 282 Å². The maximum atomic E-state index is 12.4. The van der Waals surface area contributed by atoms with E-state index in [-0.39, 0.29) is 44.3 Å². The fourth-order valence-corrected chi connectivity index (χ4v) is 6.27. The number of carbonyl (C=O) groups excluding carboxylic acids is 1. The smallest absolute Gasteiger partial charge is 0.296 e. The lowest BCUT2D eigenvalue weighted by atomic mass is 10.1. The molecule has 1 amide bonds. The number of benzene rings is 4. The van der Waals surface area contributed by atoms with E-state index in [0.29, 0.717) is 12.0 Å². The van der Waals surface area contributed by atoms with Gasteiger partial charge >= 0.3 is 0 Å². The molecule has 0 aromatic heterocycles. The summed E-state index contributed by atoms with van der Waals surface area (Å²) in [5, 5.41) is 63.4. The Hall–Kier alpha value is -4.51. The van der Waals surface area contributed by atoms with E-state index < -0.39 is 69.9 Å². The number of nitrogens with two attached hydrogens (primary N) is 1. The quantitative estimate of drug-likeness (QED) is 0.0194. The minimum atomic E-state index is -5.16. The standard InChI is InChI=1S/C24H20N6O15S4/c1-10(31)26-13-3-5-15(18(9-13)48(36,37)38)28-29-21-17(47-45-43-35)6-11-7-19(49(39,40)41)22(24(33)20(11)23(21)32)30-27-14-4-2-12(25)8-16(14)46-44-42-34/h2-9,32-35H,25H2,1H3,(H,26,31)(H,36,37,38)(H,39,40,41). The number of phenolic OH excluding ortho intramolecular Hbond substituents is 2. The van der Waals surface area contributed by atoms with Crippen LogP contribution in [0.4, 0.5) is 34.1 Å². The van der Waals surface area contributed by atoms with Gasteiger partial charge < -0.3 is 21.3 Å². The van der Waals surface area contributed by atoms with E-state index in [4.69, 9.17) is 16.2 Å². The summed E-state index contributed by atoms with van der Waals surface area (Å²) in [7, 11) is -10.1. The van der Waals surface area contributed by atoms with Crippen LogP contribution in [0.5, 0.6) is 11.5 Å². The highest BCUT2D eigenvalue weighted by atomic mass is 32.2. The molecule has 0 fully saturated rings. The lowest BCUT2D eigenvalue weighted by Crippen LogP contribution is -2.07. The number of fused-ring (bicyclic) bond motifs is 1. The molecule has 4 rings (SSSR count). The van der Waals surface area contributed by atoms with Gasteiger partial charge in [-0.1, -0.05) is 10.1 Å². The number of nitrogen functional groups attached to an aromatic ring is 1. The molecule has 25 heteroatoms. The maximum absolute atomic E-state index is 12.4. The van der Waals surface area contributed by atoms with Crippen molar-refractivity contribution < 1.29 is 70.2 Å². The van der Waals surface area contributed by atoms with Gasteiger partial charge in [0.25, 0.3) is 20.2 Å². The molecule has 49 heavy (non-hydrogen) atoms. The van der Waals surface area contributed by atoms with Crippen molar-refractivity contribution in [2.24, 2.45) is 20.5 Å². The summed E-state index contributed by atoms with van der Waals surface area (Å²) in [6, 6.07) is 8.92. The zero-order valence-electron chi connectivity index (χ0n) is 24.0. The summed E-state index contributed by atoms with van der Waals surface area (Å²) in [4.78, 5) is 9.38. The number of rotatable bonds is 13. The third kappa shape index (κ3) is 8.94. The van der Waals surface area contributed by atoms with E-state index in [1.807, 2.05) is 0 Å². The number of nitrogens with zero attached hydrogens (tertiary/aromatic N) is 4. The van der Waals surface area contributed by atoms with Gasteiger partial charge in [-0.25, -0.2) is 10.5 Å². The van der Waals surface area contributed by atoms with Crippen molar-refractivity contribution in [3.8, 4) is 11.5 Å². The van der Waals surface area contributed by atoms with Crippen LogP contribution in [0.3, 0.4) is 0 Å². The Balaban J connectivity index is 1.96. The number of hydrogen-bond donors (Lipinski definition) is 8. The topological polar surface area (TPSA) is 331 Å². The van der Waals surface area contributed by atoms with Crippen LogP contribution < -0.4 is 11.1 Å². The van der Waals surface area contributed by atoms with Crippen LogP contribution in [0.2, 0.25) is 0 Å². The minimum absolute atomic E-state index is 0.0300. The number of nitrogens with one attached hydrogen (secondary N) is 1. The Bertz CT molecular complexity index is 2220. The van der Waals surface area contributed by atoms with Gasteiger partial charge in [0.05, 0.1) is 39.3 Å². The molecule has 0 spiro atoms. The Morgan fingerprint density at radius 3 is 1.94 bits per heavy atom. The summed E-state index contributed by atoms with van der Waals surface area (Å²) in [6.07, 6.45) is 0. The summed E-state index contributed by atoms with van der Waals surface area (Å²) < 4.78 is 77.4. The zero-order chi connectivity index (χ0) is 36.1. The second-order valence-electron chi connectivity index (χ2n) is 9.13. The van der Waals surface area contributed by atoms with E-state index >= 15 is 0 Å². The monoisotopic (exact) mass is 760 g/mol. The van der Waals surface area contributed by atoms with Crippen LogP contribution in [-0.2, 0) is 43.8 Å². The van der Waals surface area contributed by atoms with Gasteiger partial charge in [0.1, 0.15) is 32.5 Å². The minimum Gasteiger partial charge on any atom is -0.505 e. The summed E-state index contributed by atoms with van der Waals surface area (Å²) in [5.41, 5.74) is 3.85. The lowest BCUT2D eigenvalue weighted by molar-refractivity contribution is -0.432. The molecule has 0 aliphatic heterocycles. The number of carbonyl (C=O) groups is 1. The van der Waals surface area contributed by atoms with Gasteiger partial charge in [-0.2, -0.15) is 16.8 Å². The van der Waals surface area contributed by atoms with Crippen LogP contribution >= 0.6 is 24.1 Å². The van der Waals surface area contributed by atoms with Crippen molar-refractivity contribution in [2.75, 3.05) is 11.1 Å². The lowest BCUT2D eigenvalue weighted by Gasteiger charge is -2.13. The van der Waals surface area contributed by atoms with E-state index in [2.05, 4.69) is 44.5 Å². The van der Waals surface area contributed by atoms with Crippen molar-refractivity contribution in [3.05, 3.63) is 48.5 Å². The first-order valence-electron chi connectivity index (χ1n) is 12.5. The zero-order valence-corrected chi connectivity index (χ0v) is 27.2. The first-order valence-corrected chi connectivity index (χ1v) is 16.9. The largest absolute Gasteiger partial charge is 0.505 e. The third-order valence-electron chi connectivity index (χ3n) is 5.89. The van der Waals surface area contributed by atoms with Crippen LogP contribution in [0, 0.1) is 0 Å². The molecular formula is C24H20N6O15S4. The maximum Gasteiger partial charge on any atom is 0.296 e. The molecule has 21 nitrogen and oxygen atoms in total. The molecule has 0 aliphatic carbocycles. The predicted molar refractivity (Wildman–Crippen MR) is 168 cm³/mol. The number of aromatic hydroxyl groups is 2. The number of hydrogen-bond acceptors (Lipinski definition) is 20. The van der Waals surface area contributed by atoms with Crippen molar-refractivity contribution in [2.45, 2.75) is 26.5 Å². The number of phenols is 2. The molecule has 0 heterocycles. The average Bonchev–Trinajstić information content (AvgIpc) is 3.01. The highest BCUT2D eigenvalue weighted by Crippen LogP contribution is 2.51. The molecule has 9 N–H and O–H groups in total. The highest BCUT2D eigenvalue weighted by molar-refractivity contribution is 7.95. The van der Waals surface area contributed by atoms with E-state index in [9.17, 15) is 40.9 Å². The van der Waals surface area contributed by atoms with Gasteiger partial charge in [0.15, 0.2) is 11.5 Å². The van der Waals surface area contributed by atoms with E-state index in [1.165, 1.54) is 24.3 Å². The fraction of sp³-hybridized carbons (Fsp3) is 0.0417. The fourth-order valence-electron chi connectivity index (χ4n) is 3.99. The number of amides is 1. The SMILES string of the molecule is CC(=O)Nc1ccc(N=Nc2c(SOOO)cc3cc(S(=O)(=O)O)c(N=Nc4ccc(N)cc4SOOO)c(O)c3c2O)c(S(=O)(=O)O)c1. The molecule has 4 aromatic rings. The second kappa shape index (κ2) is 15.4. The average molecular weight is 761 g/mol.